The number of nitrogens with two attached hydrogens (primary N) is 1. The lowest BCUT2D eigenvalue weighted by molar-refractivity contribution is 0.446. The van der Waals surface area contributed by atoms with Gasteiger partial charge in [-0.25, -0.2) is 9.67 Å². The molecule has 3 N–H and O–H groups in total. The first kappa shape index (κ1) is 15.7. The lowest BCUT2D eigenvalue weighted by Gasteiger charge is -2.19. The largest absolute Gasteiger partial charge is 0.271 e. The monoisotopic (exact) mass is 287 g/mol. The second-order valence-corrected chi connectivity index (χ2v) is 6.04. The van der Waals surface area contributed by atoms with Crippen LogP contribution in [0.25, 0.3) is 0 Å². The molecule has 1 aromatic carbocycles. The minimum atomic E-state index is 0.0423. The summed E-state index contributed by atoms with van der Waals surface area (Å²) in [5.41, 5.74) is 6.63. The first-order chi connectivity index (χ1) is 10.0. The summed E-state index contributed by atoms with van der Waals surface area (Å²) >= 11 is 0. The Bertz CT molecular complexity index is 588. The molecule has 0 aliphatic rings. The third-order valence-corrected chi connectivity index (χ3v) is 3.62. The molecule has 114 valence electrons. The van der Waals surface area contributed by atoms with Gasteiger partial charge in [0.05, 0.1) is 6.04 Å². The molecule has 0 bridgehead atoms. The van der Waals surface area contributed by atoms with Crippen molar-refractivity contribution in [3.63, 3.8) is 0 Å². The highest BCUT2D eigenvalue weighted by atomic mass is 15.3. The first-order valence-electron chi connectivity index (χ1n) is 7.41. The number of hydrazine groups is 1. The van der Waals surface area contributed by atoms with Crippen LogP contribution in [0.1, 0.15) is 42.4 Å². The molecule has 1 atom stereocenters. The summed E-state index contributed by atoms with van der Waals surface area (Å²) < 4.78 is 1.97. The van der Waals surface area contributed by atoms with Crippen LogP contribution in [0.5, 0.6) is 0 Å². The van der Waals surface area contributed by atoms with Crippen molar-refractivity contribution in [3.05, 3.63) is 47.0 Å². The standard InChI is InChI=1S/C16H25N5/c1-11(2)9-21-16(18-10-19-21)8-15(20-17)14-6-5-12(3)7-13(14)4/h5-7,10-11,15,20H,8-9,17H2,1-4H3. The summed E-state index contributed by atoms with van der Waals surface area (Å²) in [6, 6.07) is 6.48. The SMILES string of the molecule is Cc1ccc(C(Cc2ncnn2CC(C)C)NN)c(C)c1. The Kier molecular flexibility index (Phi) is 5.09. The highest BCUT2D eigenvalue weighted by molar-refractivity contribution is 5.33. The van der Waals surface area contributed by atoms with Gasteiger partial charge in [-0.1, -0.05) is 37.6 Å². The van der Waals surface area contributed by atoms with Gasteiger partial charge in [-0.05, 0) is 30.9 Å². The zero-order valence-corrected chi connectivity index (χ0v) is 13.3. The van der Waals surface area contributed by atoms with E-state index in [-0.39, 0.29) is 6.04 Å². The van der Waals surface area contributed by atoms with Crippen molar-refractivity contribution >= 4 is 0 Å². The lowest BCUT2D eigenvalue weighted by Crippen LogP contribution is -2.31. The summed E-state index contributed by atoms with van der Waals surface area (Å²) in [4.78, 5) is 4.39. The van der Waals surface area contributed by atoms with Crippen molar-refractivity contribution in [2.24, 2.45) is 11.8 Å². The fraction of sp³-hybridized carbons (Fsp3) is 0.500. The Hall–Kier alpha value is -1.72. The van der Waals surface area contributed by atoms with E-state index in [1.165, 1.54) is 16.7 Å². The van der Waals surface area contributed by atoms with Crippen molar-refractivity contribution in [2.45, 2.75) is 46.7 Å². The zero-order valence-electron chi connectivity index (χ0n) is 13.3. The van der Waals surface area contributed by atoms with E-state index in [9.17, 15) is 0 Å². The van der Waals surface area contributed by atoms with Crippen LogP contribution in [0.2, 0.25) is 0 Å². The van der Waals surface area contributed by atoms with Crippen molar-refractivity contribution in [1.29, 1.82) is 0 Å². The molecule has 0 saturated heterocycles. The number of hydrogen-bond donors (Lipinski definition) is 2. The molecule has 5 nitrogen and oxygen atoms in total. The molecule has 21 heavy (non-hydrogen) atoms. The smallest absolute Gasteiger partial charge is 0.138 e. The van der Waals surface area contributed by atoms with E-state index < -0.39 is 0 Å². The maximum absolute atomic E-state index is 5.77. The van der Waals surface area contributed by atoms with Crippen LogP contribution in [0, 0.1) is 19.8 Å². The molecule has 0 aliphatic heterocycles. The normalized spacial score (nSPS) is 12.9. The second kappa shape index (κ2) is 6.83. The molecule has 1 aromatic heterocycles. The van der Waals surface area contributed by atoms with Crippen molar-refractivity contribution in [2.75, 3.05) is 0 Å². The number of nitrogens with one attached hydrogen (secondary N) is 1. The number of benzene rings is 1. The molecule has 0 aliphatic carbocycles. The number of aromatic nitrogens is 3. The number of nitrogens with zero attached hydrogens (tertiary/aromatic N) is 3. The predicted octanol–water partition coefficient (Wildman–Crippen LogP) is 2.30. The minimum Gasteiger partial charge on any atom is -0.271 e. The quantitative estimate of drug-likeness (QED) is 0.632. The van der Waals surface area contributed by atoms with Gasteiger partial charge in [0.25, 0.3) is 0 Å². The van der Waals surface area contributed by atoms with E-state index >= 15 is 0 Å². The average Bonchev–Trinajstić information content (AvgIpc) is 2.83. The third-order valence-electron chi connectivity index (χ3n) is 3.62. The van der Waals surface area contributed by atoms with Gasteiger partial charge in [-0.2, -0.15) is 5.10 Å². The fourth-order valence-electron chi connectivity index (χ4n) is 2.60. The topological polar surface area (TPSA) is 68.8 Å². The van der Waals surface area contributed by atoms with Crippen LogP contribution < -0.4 is 11.3 Å². The van der Waals surface area contributed by atoms with Crippen molar-refractivity contribution in [1.82, 2.24) is 20.2 Å². The highest BCUT2D eigenvalue weighted by Gasteiger charge is 2.17. The molecule has 2 rings (SSSR count). The summed E-state index contributed by atoms with van der Waals surface area (Å²) in [5, 5.41) is 4.31. The lowest BCUT2D eigenvalue weighted by atomic mass is 9.97. The van der Waals surface area contributed by atoms with Crippen molar-refractivity contribution < 1.29 is 0 Å². The predicted molar refractivity (Wildman–Crippen MR) is 84.5 cm³/mol. The molecule has 5 heteroatoms. The fourth-order valence-corrected chi connectivity index (χ4v) is 2.60. The number of aryl methyl sites for hydroxylation is 2. The first-order valence-corrected chi connectivity index (χ1v) is 7.41. The number of hydrogen-bond acceptors (Lipinski definition) is 4. The third kappa shape index (κ3) is 3.89. The molecule has 0 radical (unpaired) electrons. The molecule has 0 amide bonds. The van der Waals surface area contributed by atoms with Crippen LogP contribution in [0.3, 0.4) is 0 Å². The molecular weight excluding hydrogens is 262 g/mol. The van der Waals surface area contributed by atoms with Gasteiger partial charge in [0.15, 0.2) is 0 Å². The van der Waals surface area contributed by atoms with E-state index in [1.807, 2.05) is 4.68 Å². The molecule has 1 heterocycles. The summed E-state index contributed by atoms with van der Waals surface area (Å²) in [5.74, 6) is 7.27. The summed E-state index contributed by atoms with van der Waals surface area (Å²) in [6.07, 6.45) is 2.35. The van der Waals surface area contributed by atoms with Gasteiger partial charge in [0.2, 0.25) is 0 Å². The van der Waals surface area contributed by atoms with E-state index in [1.54, 1.807) is 6.33 Å². The molecule has 0 spiro atoms. The van der Waals surface area contributed by atoms with Crippen molar-refractivity contribution in [3.8, 4) is 0 Å². The zero-order chi connectivity index (χ0) is 15.4. The Morgan fingerprint density at radius 3 is 2.67 bits per heavy atom. The molecule has 2 aromatic rings. The van der Waals surface area contributed by atoms with Gasteiger partial charge < -0.3 is 0 Å². The highest BCUT2D eigenvalue weighted by Crippen LogP contribution is 2.21. The van der Waals surface area contributed by atoms with E-state index in [0.29, 0.717) is 5.92 Å². The van der Waals surface area contributed by atoms with E-state index in [0.717, 1.165) is 18.8 Å². The van der Waals surface area contributed by atoms with Gasteiger partial charge >= 0.3 is 0 Å². The van der Waals surface area contributed by atoms with Gasteiger partial charge in [-0.3, -0.25) is 11.3 Å². The molecular formula is C16H25N5. The second-order valence-electron chi connectivity index (χ2n) is 6.04. The maximum Gasteiger partial charge on any atom is 0.138 e. The molecule has 0 saturated carbocycles. The van der Waals surface area contributed by atoms with Crippen LogP contribution >= 0.6 is 0 Å². The Morgan fingerprint density at radius 2 is 2.05 bits per heavy atom. The summed E-state index contributed by atoms with van der Waals surface area (Å²) in [6.45, 7) is 9.44. The van der Waals surface area contributed by atoms with Crippen LogP contribution in [-0.2, 0) is 13.0 Å². The Balaban J connectivity index is 2.21. The van der Waals surface area contributed by atoms with Gasteiger partial charge in [0.1, 0.15) is 12.2 Å². The Labute approximate surface area is 126 Å². The van der Waals surface area contributed by atoms with Crippen LogP contribution in [0.15, 0.2) is 24.5 Å². The van der Waals surface area contributed by atoms with Crippen LogP contribution in [0.4, 0.5) is 0 Å². The van der Waals surface area contributed by atoms with E-state index in [4.69, 9.17) is 5.84 Å². The molecule has 0 fully saturated rings. The Morgan fingerprint density at radius 1 is 1.29 bits per heavy atom. The summed E-state index contributed by atoms with van der Waals surface area (Å²) in [7, 11) is 0. The average molecular weight is 287 g/mol. The van der Waals surface area contributed by atoms with Gasteiger partial charge in [0, 0.05) is 13.0 Å². The maximum atomic E-state index is 5.77. The van der Waals surface area contributed by atoms with E-state index in [2.05, 4.69) is 61.4 Å². The van der Waals surface area contributed by atoms with Crippen LogP contribution in [-0.4, -0.2) is 14.8 Å². The van der Waals surface area contributed by atoms with Gasteiger partial charge in [-0.15, -0.1) is 0 Å². The number of rotatable bonds is 6. The molecule has 1 unspecified atom stereocenters. The minimum absolute atomic E-state index is 0.0423.